The second-order valence-corrected chi connectivity index (χ2v) is 6.78. The van der Waals surface area contributed by atoms with Crippen molar-refractivity contribution in [1.82, 2.24) is 9.88 Å². The Morgan fingerprint density at radius 2 is 2.05 bits per heavy atom. The first-order valence-corrected chi connectivity index (χ1v) is 8.41. The highest BCUT2D eigenvalue weighted by atomic mass is 35.5. The van der Waals surface area contributed by atoms with Crippen LogP contribution in [-0.2, 0) is 6.54 Å². The fourth-order valence-corrected chi connectivity index (χ4v) is 3.59. The Hall–Kier alpha value is -0.900. The second kappa shape index (κ2) is 6.25. The van der Waals surface area contributed by atoms with Crippen molar-refractivity contribution in [2.45, 2.75) is 32.7 Å². The first-order valence-electron chi connectivity index (χ1n) is 7.15. The summed E-state index contributed by atoms with van der Waals surface area (Å²) in [5.74, 6) is 0. The number of benzene rings is 1. The first kappa shape index (κ1) is 14.1. The molecule has 1 aliphatic rings. The van der Waals surface area contributed by atoms with Crippen LogP contribution in [0.3, 0.4) is 0 Å². The molecule has 106 valence electrons. The lowest BCUT2D eigenvalue weighted by Gasteiger charge is -2.25. The Morgan fingerprint density at radius 1 is 1.25 bits per heavy atom. The van der Waals surface area contributed by atoms with E-state index in [-0.39, 0.29) is 0 Å². The Bertz CT molecular complexity index is 588. The third kappa shape index (κ3) is 3.22. The molecule has 0 N–H and O–H groups in total. The zero-order chi connectivity index (χ0) is 13.9. The number of aryl methyl sites for hydroxylation is 1. The molecule has 0 amide bonds. The van der Waals surface area contributed by atoms with E-state index in [0.717, 1.165) is 28.4 Å². The minimum absolute atomic E-state index is 0.817. The van der Waals surface area contributed by atoms with Crippen molar-refractivity contribution < 1.29 is 0 Å². The molecular formula is C16H19ClN2S. The van der Waals surface area contributed by atoms with Crippen LogP contribution in [0.1, 0.15) is 29.8 Å². The van der Waals surface area contributed by atoms with Crippen LogP contribution in [-0.4, -0.2) is 23.0 Å². The third-order valence-corrected chi connectivity index (χ3v) is 5.07. The van der Waals surface area contributed by atoms with Crippen molar-refractivity contribution in [3.8, 4) is 11.3 Å². The SMILES string of the molecule is Cc1cc(-c2csc(CN3CCCCC3)n2)ccc1Cl. The number of hydrogen-bond donors (Lipinski definition) is 0. The van der Waals surface area contributed by atoms with Gasteiger partial charge in [-0.1, -0.05) is 24.1 Å². The van der Waals surface area contributed by atoms with Crippen molar-refractivity contribution in [2.75, 3.05) is 13.1 Å². The van der Waals surface area contributed by atoms with Gasteiger partial charge in [0.1, 0.15) is 5.01 Å². The van der Waals surface area contributed by atoms with E-state index >= 15 is 0 Å². The summed E-state index contributed by atoms with van der Waals surface area (Å²) in [4.78, 5) is 7.29. The second-order valence-electron chi connectivity index (χ2n) is 5.43. The summed E-state index contributed by atoms with van der Waals surface area (Å²) >= 11 is 7.84. The summed E-state index contributed by atoms with van der Waals surface area (Å²) < 4.78 is 0. The predicted octanol–water partition coefficient (Wildman–Crippen LogP) is 4.76. The smallest absolute Gasteiger partial charge is 0.107 e. The molecule has 1 fully saturated rings. The van der Waals surface area contributed by atoms with Crippen molar-refractivity contribution in [2.24, 2.45) is 0 Å². The molecule has 1 aromatic heterocycles. The van der Waals surface area contributed by atoms with Gasteiger partial charge in [0.25, 0.3) is 0 Å². The molecule has 0 saturated carbocycles. The normalized spacial score (nSPS) is 16.5. The van der Waals surface area contributed by atoms with Crippen molar-refractivity contribution in [1.29, 1.82) is 0 Å². The molecule has 0 atom stereocenters. The van der Waals surface area contributed by atoms with Gasteiger partial charge in [-0.15, -0.1) is 11.3 Å². The molecule has 1 aromatic carbocycles. The van der Waals surface area contributed by atoms with Crippen LogP contribution in [0.2, 0.25) is 5.02 Å². The Kier molecular flexibility index (Phi) is 4.39. The molecule has 0 radical (unpaired) electrons. The van der Waals surface area contributed by atoms with Gasteiger partial charge in [-0.05, 0) is 50.6 Å². The third-order valence-electron chi connectivity index (χ3n) is 3.81. The van der Waals surface area contributed by atoms with Gasteiger partial charge in [0.05, 0.1) is 12.2 Å². The highest BCUT2D eigenvalue weighted by Gasteiger charge is 2.13. The molecule has 0 bridgehead atoms. The van der Waals surface area contributed by atoms with E-state index in [1.165, 1.54) is 37.4 Å². The zero-order valence-corrected chi connectivity index (χ0v) is 13.3. The van der Waals surface area contributed by atoms with Crippen molar-refractivity contribution >= 4 is 22.9 Å². The van der Waals surface area contributed by atoms with E-state index in [2.05, 4.69) is 22.4 Å². The number of rotatable bonds is 3. The summed E-state index contributed by atoms with van der Waals surface area (Å²) in [7, 11) is 0. The molecule has 1 aliphatic heterocycles. The highest BCUT2D eigenvalue weighted by molar-refractivity contribution is 7.09. The molecule has 4 heteroatoms. The van der Waals surface area contributed by atoms with Crippen LogP contribution < -0.4 is 0 Å². The van der Waals surface area contributed by atoms with E-state index in [1.807, 2.05) is 13.0 Å². The van der Waals surface area contributed by atoms with Crippen LogP contribution in [0.4, 0.5) is 0 Å². The monoisotopic (exact) mass is 306 g/mol. The van der Waals surface area contributed by atoms with Gasteiger partial charge in [0, 0.05) is 16.0 Å². The molecule has 0 spiro atoms. The van der Waals surface area contributed by atoms with Gasteiger partial charge in [-0.25, -0.2) is 4.98 Å². The highest BCUT2D eigenvalue weighted by Crippen LogP contribution is 2.26. The number of nitrogens with zero attached hydrogens (tertiary/aromatic N) is 2. The maximum atomic E-state index is 6.08. The van der Waals surface area contributed by atoms with Gasteiger partial charge < -0.3 is 0 Å². The van der Waals surface area contributed by atoms with Crippen LogP contribution in [0.25, 0.3) is 11.3 Å². The largest absolute Gasteiger partial charge is 0.297 e. The number of thiazole rings is 1. The summed E-state index contributed by atoms with van der Waals surface area (Å²) in [5, 5.41) is 4.19. The molecular weight excluding hydrogens is 288 g/mol. The molecule has 1 saturated heterocycles. The average Bonchev–Trinajstić information content (AvgIpc) is 2.91. The number of piperidine rings is 1. The van der Waals surface area contributed by atoms with E-state index < -0.39 is 0 Å². The molecule has 0 unspecified atom stereocenters. The Morgan fingerprint density at radius 3 is 2.80 bits per heavy atom. The van der Waals surface area contributed by atoms with E-state index in [4.69, 9.17) is 16.6 Å². The maximum Gasteiger partial charge on any atom is 0.107 e. The zero-order valence-electron chi connectivity index (χ0n) is 11.7. The lowest BCUT2D eigenvalue weighted by Crippen LogP contribution is -2.28. The van der Waals surface area contributed by atoms with Crippen LogP contribution in [0.5, 0.6) is 0 Å². The van der Waals surface area contributed by atoms with Crippen LogP contribution in [0.15, 0.2) is 23.6 Å². The fourth-order valence-electron chi connectivity index (χ4n) is 2.63. The summed E-state index contributed by atoms with van der Waals surface area (Å²) in [5.41, 5.74) is 3.34. The van der Waals surface area contributed by atoms with Crippen LogP contribution in [0, 0.1) is 6.92 Å². The molecule has 2 aromatic rings. The van der Waals surface area contributed by atoms with Crippen molar-refractivity contribution in [3.05, 3.63) is 39.2 Å². The first-order chi connectivity index (χ1) is 9.72. The minimum atomic E-state index is 0.817. The lowest BCUT2D eigenvalue weighted by atomic mass is 10.1. The van der Waals surface area contributed by atoms with E-state index in [9.17, 15) is 0 Å². The fraction of sp³-hybridized carbons (Fsp3) is 0.438. The van der Waals surface area contributed by atoms with Gasteiger partial charge in [-0.2, -0.15) is 0 Å². The van der Waals surface area contributed by atoms with Gasteiger partial charge in [-0.3, -0.25) is 4.90 Å². The predicted molar refractivity (Wildman–Crippen MR) is 86.4 cm³/mol. The van der Waals surface area contributed by atoms with Crippen molar-refractivity contribution in [3.63, 3.8) is 0 Å². The standard InChI is InChI=1S/C16H19ClN2S/c1-12-9-13(5-6-14(12)17)15-11-20-16(18-15)10-19-7-3-2-4-8-19/h5-6,9,11H,2-4,7-8,10H2,1H3. The van der Waals surface area contributed by atoms with E-state index in [1.54, 1.807) is 11.3 Å². The molecule has 0 aliphatic carbocycles. The lowest BCUT2D eigenvalue weighted by molar-refractivity contribution is 0.220. The Balaban J connectivity index is 1.73. The number of likely N-dealkylation sites (tertiary alicyclic amines) is 1. The number of aromatic nitrogens is 1. The minimum Gasteiger partial charge on any atom is -0.297 e. The summed E-state index contributed by atoms with van der Waals surface area (Å²) in [6.07, 6.45) is 4.03. The van der Waals surface area contributed by atoms with Gasteiger partial charge in [0.15, 0.2) is 0 Å². The number of hydrogen-bond acceptors (Lipinski definition) is 3. The summed E-state index contributed by atoms with van der Waals surface area (Å²) in [6.45, 7) is 5.47. The molecule has 2 heterocycles. The molecule has 2 nitrogen and oxygen atoms in total. The Labute approximate surface area is 129 Å². The maximum absolute atomic E-state index is 6.08. The molecule has 3 rings (SSSR count). The van der Waals surface area contributed by atoms with E-state index in [0.29, 0.717) is 0 Å². The quantitative estimate of drug-likeness (QED) is 0.813. The van der Waals surface area contributed by atoms with Gasteiger partial charge >= 0.3 is 0 Å². The average molecular weight is 307 g/mol. The molecule has 20 heavy (non-hydrogen) atoms. The summed E-state index contributed by atoms with van der Waals surface area (Å²) in [6, 6.07) is 6.12. The topological polar surface area (TPSA) is 16.1 Å². The van der Waals surface area contributed by atoms with Gasteiger partial charge in [0.2, 0.25) is 0 Å². The van der Waals surface area contributed by atoms with Crippen LogP contribution >= 0.6 is 22.9 Å². The number of halogens is 1.